The van der Waals surface area contributed by atoms with Crippen molar-refractivity contribution in [2.45, 2.75) is 38.8 Å². The average molecular weight is 220 g/mol. The molecule has 2 rings (SSSR count). The highest BCUT2D eigenvalue weighted by Gasteiger charge is 2.26. The standard InChI is InChI=1S/C13H20N2O/c1-3-15-13(12-5-4-6-16-12)11-7-10(2)8-14-9-11/h7-9,12-13,15H,3-6H2,1-2H3. The van der Waals surface area contributed by atoms with Gasteiger partial charge in [-0.15, -0.1) is 0 Å². The zero-order chi connectivity index (χ0) is 11.4. The van der Waals surface area contributed by atoms with Crippen LogP contribution >= 0.6 is 0 Å². The van der Waals surface area contributed by atoms with Crippen molar-refractivity contribution in [3.63, 3.8) is 0 Å². The summed E-state index contributed by atoms with van der Waals surface area (Å²) < 4.78 is 5.77. The number of pyridine rings is 1. The van der Waals surface area contributed by atoms with Crippen LogP contribution in [0.15, 0.2) is 18.5 Å². The lowest BCUT2D eigenvalue weighted by atomic mass is 10.00. The fourth-order valence-electron chi connectivity index (χ4n) is 2.30. The van der Waals surface area contributed by atoms with E-state index in [1.807, 2.05) is 12.4 Å². The number of hydrogen-bond donors (Lipinski definition) is 1. The van der Waals surface area contributed by atoms with Gasteiger partial charge >= 0.3 is 0 Å². The second-order valence-corrected chi connectivity index (χ2v) is 4.38. The largest absolute Gasteiger partial charge is 0.376 e. The van der Waals surface area contributed by atoms with Crippen molar-refractivity contribution in [1.82, 2.24) is 10.3 Å². The van der Waals surface area contributed by atoms with Gasteiger partial charge in [-0.3, -0.25) is 4.98 Å². The molecule has 0 amide bonds. The van der Waals surface area contributed by atoms with Crippen LogP contribution in [0, 0.1) is 6.92 Å². The molecule has 1 fully saturated rings. The molecule has 2 heterocycles. The van der Waals surface area contributed by atoms with Gasteiger partial charge in [0.1, 0.15) is 0 Å². The Bertz CT molecular complexity index is 334. The van der Waals surface area contributed by atoms with E-state index in [-0.39, 0.29) is 0 Å². The fraction of sp³-hybridized carbons (Fsp3) is 0.615. The predicted octanol–water partition coefficient (Wildman–Crippen LogP) is 2.22. The zero-order valence-electron chi connectivity index (χ0n) is 10.1. The molecule has 0 aliphatic carbocycles. The van der Waals surface area contributed by atoms with Crippen molar-refractivity contribution >= 4 is 0 Å². The first-order valence-electron chi connectivity index (χ1n) is 6.08. The van der Waals surface area contributed by atoms with Crippen LogP contribution in [0.1, 0.15) is 36.9 Å². The molecule has 0 spiro atoms. The normalized spacial score (nSPS) is 22.2. The van der Waals surface area contributed by atoms with E-state index in [2.05, 4.69) is 30.2 Å². The molecule has 1 aromatic rings. The molecule has 0 aromatic carbocycles. The fourth-order valence-corrected chi connectivity index (χ4v) is 2.30. The minimum Gasteiger partial charge on any atom is -0.376 e. The van der Waals surface area contributed by atoms with Gasteiger partial charge in [-0.2, -0.15) is 0 Å². The van der Waals surface area contributed by atoms with Crippen molar-refractivity contribution in [2.75, 3.05) is 13.2 Å². The van der Waals surface area contributed by atoms with Crippen molar-refractivity contribution in [3.8, 4) is 0 Å². The second-order valence-electron chi connectivity index (χ2n) is 4.38. The third-order valence-corrected chi connectivity index (χ3v) is 3.02. The van der Waals surface area contributed by atoms with E-state index in [1.54, 1.807) is 0 Å². The Hall–Kier alpha value is -0.930. The molecule has 1 aromatic heterocycles. The molecule has 0 saturated carbocycles. The predicted molar refractivity (Wildman–Crippen MR) is 64.4 cm³/mol. The van der Waals surface area contributed by atoms with Gasteiger partial charge in [0, 0.05) is 19.0 Å². The van der Waals surface area contributed by atoms with E-state index in [0.29, 0.717) is 12.1 Å². The Morgan fingerprint density at radius 1 is 1.56 bits per heavy atom. The summed E-state index contributed by atoms with van der Waals surface area (Å²) in [5.74, 6) is 0. The van der Waals surface area contributed by atoms with Crippen LogP contribution in [-0.4, -0.2) is 24.2 Å². The van der Waals surface area contributed by atoms with Crippen molar-refractivity contribution in [3.05, 3.63) is 29.6 Å². The summed E-state index contributed by atoms with van der Waals surface area (Å²) in [6.45, 7) is 6.06. The molecule has 1 saturated heterocycles. The lowest BCUT2D eigenvalue weighted by Crippen LogP contribution is -2.31. The Balaban J connectivity index is 2.17. The number of aromatic nitrogens is 1. The highest BCUT2D eigenvalue weighted by molar-refractivity contribution is 5.21. The number of likely N-dealkylation sites (N-methyl/N-ethyl adjacent to an activating group) is 1. The molecule has 2 atom stereocenters. The van der Waals surface area contributed by atoms with Crippen LogP contribution in [0.5, 0.6) is 0 Å². The molecule has 2 unspecified atom stereocenters. The minimum atomic E-state index is 0.292. The third kappa shape index (κ3) is 2.60. The molecule has 3 heteroatoms. The van der Waals surface area contributed by atoms with E-state index >= 15 is 0 Å². The summed E-state index contributed by atoms with van der Waals surface area (Å²) in [6, 6.07) is 2.49. The van der Waals surface area contributed by atoms with Crippen molar-refractivity contribution in [2.24, 2.45) is 0 Å². The van der Waals surface area contributed by atoms with Crippen LogP contribution in [-0.2, 0) is 4.74 Å². The van der Waals surface area contributed by atoms with Gasteiger partial charge in [0.25, 0.3) is 0 Å². The summed E-state index contributed by atoms with van der Waals surface area (Å²) in [5, 5.41) is 3.50. The maximum absolute atomic E-state index is 5.77. The van der Waals surface area contributed by atoms with Gasteiger partial charge < -0.3 is 10.1 Å². The SMILES string of the molecule is CCNC(c1cncc(C)c1)C1CCCO1. The van der Waals surface area contributed by atoms with Crippen LogP contribution in [0.4, 0.5) is 0 Å². The average Bonchev–Trinajstić information content (AvgIpc) is 2.79. The van der Waals surface area contributed by atoms with Gasteiger partial charge in [-0.25, -0.2) is 0 Å². The lowest BCUT2D eigenvalue weighted by molar-refractivity contribution is 0.0787. The van der Waals surface area contributed by atoms with Crippen molar-refractivity contribution in [1.29, 1.82) is 0 Å². The van der Waals surface area contributed by atoms with Gasteiger partial charge in [-0.1, -0.05) is 13.0 Å². The van der Waals surface area contributed by atoms with Gasteiger partial charge in [0.2, 0.25) is 0 Å². The Kier molecular flexibility index (Phi) is 3.91. The number of ether oxygens (including phenoxy) is 1. The second kappa shape index (κ2) is 5.41. The van der Waals surface area contributed by atoms with E-state index < -0.39 is 0 Å². The van der Waals surface area contributed by atoms with Crippen LogP contribution in [0.3, 0.4) is 0 Å². The molecule has 0 bridgehead atoms. The first kappa shape index (κ1) is 11.6. The molecule has 0 radical (unpaired) electrons. The Morgan fingerprint density at radius 2 is 2.44 bits per heavy atom. The maximum Gasteiger partial charge on any atom is 0.0771 e. The highest BCUT2D eigenvalue weighted by atomic mass is 16.5. The Morgan fingerprint density at radius 3 is 3.06 bits per heavy atom. The third-order valence-electron chi connectivity index (χ3n) is 3.02. The zero-order valence-corrected chi connectivity index (χ0v) is 10.1. The number of nitrogens with one attached hydrogen (secondary N) is 1. The first-order chi connectivity index (χ1) is 7.81. The molecular weight excluding hydrogens is 200 g/mol. The van der Waals surface area contributed by atoms with Crippen LogP contribution in [0.2, 0.25) is 0 Å². The van der Waals surface area contributed by atoms with Gasteiger partial charge in [0.15, 0.2) is 0 Å². The number of nitrogens with zero attached hydrogens (tertiary/aromatic N) is 1. The molecule has 88 valence electrons. The lowest BCUT2D eigenvalue weighted by Gasteiger charge is -2.24. The van der Waals surface area contributed by atoms with Crippen LogP contribution in [0.25, 0.3) is 0 Å². The molecule has 1 aliphatic heterocycles. The van der Waals surface area contributed by atoms with E-state index in [1.165, 1.54) is 17.5 Å². The summed E-state index contributed by atoms with van der Waals surface area (Å²) in [5.41, 5.74) is 2.45. The summed E-state index contributed by atoms with van der Waals surface area (Å²) in [4.78, 5) is 4.26. The molecule has 1 aliphatic rings. The van der Waals surface area contributed by atoms with Crippen LogP contribution < -0.4 is 5.32 Å². The molecule has 16 heavy (non-hydrogen) atoms. The minimum absolute atomic E-state index is 0.292. The summed E-state index contributed by atoms with van der Waals surface area (Å²) in [7, 11) is 0. The van der Waals surface area contributed by atoms with E-state index in [0.717, 1.165) is 19.6 Å². The number of hydrogen-bond acceptors (Lipinski definition) is 3. The monoisotopic (exact) mass is 220 g/mol. The van der Waals surface area contributed by atoms with E-state index in [9.17, 15) is 0 Å². The number of aryl methyl sites for hydroxylation is 1. The van der Waals surface area contributed by atoms with E-state index in [4.69, 9.17) is 4.74 Å². The smallest absolute Gasteiger partial charge is 0.0771 e. The van der Waals surface area contributed by atoms with Crippen molar-refractivity contribution < 1.29 is 4.74 Å². The van der Waals surface area contributed by atoms with Gasteiger partial charge in [0.05, 0.1) is 12.1 Å². The summed E-state index contributed by atoms with van der Waals surface area (Å²) in [6.07, 6.45) is 6.46. The highest BCUT2D eigenvalue weighted by Crippen LogP contribution is 2.26. The maximum atomic E-state index is 5.77. The molecule has 3 nitrogen and oxygen atoms in total. The van der Waals surface area contributed by atoms with Gasteiger partial charge in [-0.05, 0) is 37.4 Å². The summed E-state index contributed by atoms with van der Waals surface area (Å²) >= 11 is 0. The quantitative estimate of drug-likeness (QED) is 0.845. The topological polar surface area (TPSA) is 34.2 Å². The molecular formula is C13H20N2O. The Labute approximate surface area is 97.2 Å². The molecule has 1 N–H and O–H groups in total. The first-order valence-corrected chi connectivity index (χ1v) is 6.08. The number of rotatable bonds is 4.